The van der Waals surface area contributed by atoms with E-state index in [-0.39, 0.29) is 11.3 Å². The number of nitriles is 2. The maximum absolute atomic E-state index is 10.1. The summed E-state index contributed by atoms with van der Waals surface area (Å²) in [5.74, 6) is 0.162. The molecule has 0 aliphatic rings. The molecule has 0 heterocycles. The van der Waals surface area contributed by atoms with Crippen molar-refractivity contribution < 1.29 is 5.11 Å². The molecule has 5 heteroatoms. The first kappa shape index (κ1) is 15.9. The number of nitrogens with zero attached hydrogens (tertiary/aromatic N) is 4. The van der Waals surface area contributed by atoms with E-state index >= 15 is 0 Å². The van der Waals surface area contributed by atoms with Crippen LogP contribution < -0.4 is 0 Å². The summed E-state index contributed by atoms with van der Waals surface area (Å²) in [6.45, 7) is 0. The van der Waals surface area contributed by atoms with Crippen molar-refractivity contribution in [3.05, 3.63) is 77.9 Å². The average Bonchev–Trinajstić information content (AvgIpc) is 2.67. The van der Waals surface area contributed by atoms with Gasteiger partial charge in [0.1, 0.15) is 17.9 Å². The first-order valence-electron chi connectivity index (χ1n) is 7.45. The predicted octanol–water partition coefficient (Wildman–Crippen LogP) is 5.22. The number of phenolic OH excluding ortho intramolecular Hbond substituents is 1. The van der Waals surface area contributed by atoms with E-state index in [4.69, 9.17) is 10.5 Å². The molecule has 0 aliphatic carbocycles. The minimum absolute atomic E-state index is 0.162. The fourth-order valence-electron chi connectivity index (χ4n) is 2.34. The van der Waals surface area contributed by atoms with Crippen LogP contribution in [0, 0.1) is 22.7 Å². The van der Waals surface area contributed by atoms with Gasteiger partial charge >= 0.3 is 0 Å². The van der Waals surface area contributed by atoms with Crippen LogP contribution in [0.15, 0.2) is 77.0 Å². The second kappa shape index (κ2) is 7.08. The van der Waals surface area contributed by atoms with E-state index in [1.807, 2.05) is 42.5 Å². The van der Waals surface area contributed by atoms with Gasteiger partial charge in [0.15, 0.2) is 0 Å². The van der Waals surface area contributed by atoms with E-state index in [1.54, 1.807) is 30.3 Å². The first-order valence-corrected chi connectivity index (χ1v) is 7.45. The third kappa shape index (κ3) is 3.52. The highest BCUT2D eigenvalue weighted by Gasteiger charge is 2.06. The highest BCUT2D eigenvalue weighted by atomic mass is 16.3. The van der Waals surface area contributed by atoms with Gasteiger partial charge in [-0.05, 0) is 42.0 Å². The SMILES string of the molecule is N#Cc1ccc(N=Nc2ccc(O)c(-c3ccccc3)c2)cc1C#N. The second-order valence-electron chi connectivity index (χ2n) is 5.22. The van der Waals surface area contributed by atoms with E-state index in [0.717, 1.165) is 5.56 Å². The lowest BCUT2D eigenvalue weighted by Gasteiger charge is -2.05. The van der Waals surface area contributed by atoms with Gasteiger partial charge in [0.05, 0.1) is 22.5 Å². The number of rotatable bonds is 3. The van der Waals surface area contributed by atoms with Crippen LogP contribution in [-0.4, -0.2) is 5.11 Å². The average molecular weight is 324 g/mol. The number of azo groups is 1. The van der Waals surface area contributed by atoms with Crippen molar-refractivity contribution >= 4 is 11.4 Å². The summed E-state index contributed by atoms with van der Waals surface area (Å²) in [6.07, 6.45) is 0. The van der Waals surface area contributed by atoms with Crippen molar-refractivity contribution in [2.45, 2.75) is 0 Å². The Bertz CT molecular complexity index is 1030. The summed E-state index contributed by atoms with van der Waals surface area (Å²) >= 11 is 0. The molecule has 0 aromatic heterocycles. The van der Waals surface area contributed by atoms with Crippen molar-refractivity contribution in [3.8, 4) is 29.0 Å². The molecule has 0 radical (unpaired) electrons. The van der Waals surface area contributed by atoms with Crippen LogP contribution >= 0.6 is 0 Å². The molecule has 3 aromatic carbocycles. The fourth-order valence-corrected chi connectivity index (χ4v) is 2.34. The van der Waals surface area contributed by atoms with Crippen LogP contribution in [0.25, 0.3) is 11.1 Å². The Labute approximate surface area is 144 Å². The molecule has 0 saturated carbocycles. The van der Waals surface area contributed by atoms with Gasteiger partial charge in [-0.2, -0.15) is 20.8 Å². The van der Waals surface area contributed by atoms with E-state index in [9.17, 15) is 5.11 Å². The Morgan fingerprint density at radius 2 is 1.36 bits per heavy atom. The molecule has 3 rings (SSSR count). The van der Waals surface area contributed by atoms with Crippen LogP contribution in [0.4, 0.5) is 11.4 Å². The molecule has 1 N–H and O–H groups in total. The number of hydrogen-bond acceptors (Lipinski definition) is 5. The molecule has 0 atom stereocenters. The third-order valence-electron chi connectivity index (χ3n) is 3.59. The Kier molecular flexibility index (Phi) is 4.51. The Morgan fingerprint density at radius 3 is 2.04 bits per heavy atom. The zero-order valence-corrected chi connectivity index (χ0v) is 13.1. The molecule has 0 saturated heterocycles. The van der Waals surface area contributed by atoms with Crippen molar-refractivity contribution in [2.24, 2.45) is 10.2 Å². The lowest BCUT2D eigenvalue weighted by molar-refractivity contribution is 0.477. The summed E-state index contributed by atoms with van der Waals surface area (Å²) in [4.78, 5) is 0. The minimum Gasteiger partial charge on any atom is -0.507 e. The summed E-state index contributed by atoms with van der Waals surface area (Å²) in [6, 6.07) is 23.0. The Morgan fingerprint density at radius 1 is 0.720 bits per heavy atom. The zero-order chi connectivity index (χ0) is 17.6. The molecule has 0 spiro atoms. The normalized spacial score (nSPS) is 10.3. The number of phenols is 1. The smallest absolute Gasteiger partial charge is 0.123 e. The van der Waals surface area contributed by atoms with Crippen molar-refractivity contribution in [1.82, 2.24) is 0 Å². The third-order valence-corrected chi connectivity index (χ3v) is 3.59. The molecule has 0 amide bonds. The summed E-state index contributed by atoms with van der Waals surface area (Å²) in [5.41, 5.74) is 3.15. The van der Waals surface area contributed by atoms with E-state index in [1.165, 1.54) is 6.07 Å². The van der Waals surface area contributed by atoms with Gasteiger partial charge in [0.2, 0.25) is 0 Å². The lowest BCUT2D eigenvalue weighted by atomic mass is 10.0. The van der Waals surface area contributed by atoms with Crippen LogP contribution in [0.3, 0.4) is 0 Å². The molecular formula is C20H12N4O. The first-order chi connectivity index (χ1) is 12.2. The molecule has 0 fully saturated rings. The maximum Gasteiger partial charge on any atom is 0.123 e. The van der Waals surface area contributed by atoms with Crippen LogP contribution in [0.5, 0.6) is 5.75 Å². The van der Waals surface area contributed by atoms with Gasteiger partial charge in [-0.1, -0.05) is 30.3 Å². The second-order valence-corrected chi connectivity index (χ2v) is 5.22. The quantitative estimate of drug-likeness (QED) is 0.669. The Balaban J connectivity index is 1.93. The molecule has 0 aliphatic heterocycles. The number of aromatic hydroxyl groups is 1. The maximum atomic E-state index is 10.1. The van der Waals surface area contributed by atoms with Crippen LogP contribution in [0.2, 0.25) is 0 Å². The summed E-state index contributed by atoms with van der Waals surface area (Å²) < 4.78 is 0. The number of hydrogen-bond donors (Lipinski definition) is 1. The lowest BCUT2D eigenvalue weighted by Crippen LogP contribution is -1.81. The van der Waals surface area contributed by atoms with Gasteiger partial charge in [-0.3, -0.25) is 0 Å². The standard InChI is InChI=1S/C20H12N4O/c21-12-15-6-7-17(10-16(15)13-22)23-24-18-8-9-20(25)19(11-18)14-4-2-1-3-5-14/h1-11,25H. The van der Waals surface area contributed by atoms with Gasteiger partial charge < -0.3 is 5.11 Å². The highest BCUT2D eigenvalue weighted by Crippen LogP contribution is 2.33. The number of benzene rings is 3. The van der Waals surface area contributed by atoms with Crippen LogP contribution in [0.1, 0.15) is 11.1 Å². The van der Waals surface area contributed by atoms with Gasteiger partial charge in [-0.15, -0.1) is 0 Å². The van der Waals surface area contributed by atoms with E-state index in [0.29, 0.717) is 22.5 Å². The van der Waals surface area contributed by atoms with E-state index < -0.39 is 0 Å². The van der Waals surface area contributed by atoms with Crippen LogP contribution in [-0.2, 0) is 0 Å². The van der Waals surface area contributed by atoms with Gasteiger partial charge in [-0.25, -0.2) is 0 Å². The largest absolute Gasteiger partial charge is 0.507 e. The van der Waals surface area contributed by atoms with Gasteiger partial charge in [0.25, 0.3) is 0 Å². The summed E-state index contributed by atoms with van der Waals surface area (Å²) in [7, 11) is 0. The summed E-state index contributed by atoms with van der Waals surface area (Å²) in [5, 5.41) is 36.3. The van der Waals surface area contributed by atoms with Gasteiger partial charge in [0, 0.05) is 5.56 Å². The molecule has 0 unspecified atom stereocenters. The highest BCUT2D eigenvalue weighted by molar-refractivity contribution is 5.73. The van der Waals surface area contributed by atoms with Crippen molar-refractivity contribution in [1.29, 1.82) is 10.5 Å². The molecule has 118 valence electrons. The molecule has 25 heavy (non-hydrogen) atoms. The zero-order valence-electron chi connectivity index (χ0n) is 13.1. The Hall–Kier alpha value is -3.96. The molecule has 3 aromatic rings. The fraction of sp³-hybridized carbons (Fsp3) is 0. The van der Waals surface area contributed by atoms with E-state index in [2.05, 4.69) is 10.2 Å². The minimum atomic E-state index is 0.162. The predicted molar refractivity (Wildman–Crippen MR) is 93.6 cm³/mol. The monoisotopic (exact) mass is 324 g/mol. The molecular weight excluding hydrogens is 312 g/mol. The topological polar surface area (TPSA) is 92.5 Å². The van der Waals surface area contributed by atoms with Crippen molar-refractivity contribution in [2.75, 3.05) is 0 Å². The van der Waals surface area contributed by atoms with Crippen molar-refractivity contribution in [3.63, 3.8) is 0 Å². The molecule has 5 nitrogen and oxygen atoms in total. The molecule has 0 bridgehead atoms.